The van der Waals surface area contributed by atoms with Gasteiger partial charge in [-0.3, -0.25) is 9.69 Å². The van der Waals surface area contributed by atoms with Crippen molar-refractivity contribution in [2.45, 2.75) is 13.5 Å². The van der Waals surface area contributed by atoms with Crippen molar-refractivity contribution >= 4 is 34.9 Å². The van der Waals surface area contributed by atoms with Gasteiger partial charge < -0.3 is 10.1 Å². The second-order valence-corrected chi connectivity index (χ2v) is 6.15. The maximum absolute atomic E-state index is 13.8. The lowest BCUT2D eigenvalue weighted by atomic mass is 10.2. The number of carbonyl (C=O) groups is 1. The highest BCUT2D eigenvalue weighted by atomic mass is 35.5. The number of nitrogens with one attached hydrogen (secondary N) is 1. The summed E-state index contributed by atoms with van der Waals surface area (Å²) in [6, 6.07) is 6.23. The van der Waals surface area contributed by atoms with E-state index >= 15 is 0 Å². The average Bonchev–Trinajstić information content (AvgIpc) is 2.57. The number of ether oxygens (including phenoxy) is 1. The lowest BCUT2D eigenvalue weighted by molar-refractivity contribution is -0.117. The van der Waals surface area contributed by atoms with E-state index < -0.39 is 5.82 Å². The molecular weight excluding hydrogens is 368 g/mol. The summed E-state index contributed by atoms with van der Waals surface area (Å²) < 4.78 is 18.7. The fraction of sp³-hybridized carbons (Fsp3) is 0.294. The molecule has 0 radical (unpaired) electrons. The van der Waals surface area contributed by atoms with Gasteiger partial charge in [0.25, 0.3) is 0 Å². The van der Waals surface area contributed by atoms with Crippen molar-refractivity contribution in [3.8, 4) is 5.75 Å². The van der Waals surface area contributed by atoms with Crippen molar-refractivity contribution in [2.24, 2.45) is 0 Å². The largest absolute Gasteiger partial charge is 0.494 e. The van der Waals surface area contributed by atoms with Crippen LogP contribution < -0.4 is 10.1 Å². The number of pyridine rings is 1. The molecule has 5 nitrogen and oxygen atoms in total. The number of amides is 1. The molecule has 1 heterocycles. The van der Waals surface area contributed by atoms with Gasteiger partial charge in [0, 0.05) is 12.7 Å². The first-order chi connectivity index (χ1) is 11.9. The number of nitrogens with zero attached hydrogens (tertiary/aromatic N) is 2. The summed E-state index contributed by atoms with van der Waals surface area (Å²) in [4.78, 5) is 18.0. The Balaban J connectivity index is 1.98. The minimum atomic E-state index is -0.433. The quantitative estimate of drug-likeness (QED) is 0.782. The molecule has 0 spiro atoms. The second kappa shape index (κ2) is 8.99. The molecule has 1 amide bonds. The van der Waals surface area contributed by atoms with Crippen LogP contribution in [0.4, 0.5) is 10.2 Å². The minimum Gasteiger partial charge on any atom is -0.494 e. The van der Waals surface area contributed by atoms with E-state index in [-0.39, 0.29) is 29.0 Å². The number of likely N-dealkylation sites (N-methyl/N-ethyl adjacent to an activating group) is 1. The molecule has 0 saturated heterocycles. The maximum atomic E-state index is 13.8. The number of aromatic nitrogens is 1. The third kappa shape index (κ3) is 5.56. The van der Waals surface area contributed by atoms with Gasteiger partial charge in [0.15, 0.2) is 17.4 Å². The Morgan fingerprint density at radius 3 is 2.72 bits per heavy atom. The van der Waals surface area contributed by atoms with Gasteiger partial charge in [-0.15, -0.1) is 0 Å². The summed E-state index contributed by atoms with van der Waals surface area (Å²) in [6.45, 7) is 3.07. The predicted octanol–water partition coefficient (Wildman–Crippen LogP) is 4.00. The van der Waals surface area contributed by atoms with Crippen LogP contribution in [0.3, 0.4) is 0 Å². The highest BCUT2D eigenvalue weighted by Gasteiger charge is 2.13. The Labute approximate surface area is 155 Å². The fourth-order valence-corrected chi connectivity index (χ4v) is 2.65. The molecule has 1 aromatic carbocycles. The first-order valence-corrected chi connectivity index (χ1v) is 8.34. The Bertz CT molecular complexity index is 759. The molecule has 2 aromatic rings. The molecule has 0 aliphatic carbocycles. The van der Waals surface area contributed by atoms with E-state index in [2.05, 4.69) is 10.3 Å². The molecule has 134 valence electrons. The summed E-state index contributed by atoms with van der Waals surface area (Å²) in [5, 5.41) is 3.29. The third-order valence-electron chi connectivity index (χ3n) is 3.50. The van der Waals surface area contributed by atoms with Gasteiger partial charge in [-0.2, -0.15) is 0 Å². The van der Waals surface area contributed by atoms with Crippen molar-refractivity contribution < 1.29 is 13.9 Å². The van der Waals surface area contributed by atoms with Gasteiger partial charge in [0.1, 0.15) is 0 Å². The van der Waals surface area contributed by atoms with E-state index in [0.717, 1.165) is 5.56 Å². The lowest BCUT2D eigenvalue weighted by Gasteiger charge is -2.20. The van der Waals surface area contributed by atoms with Gasteiger partial charge in [0.2, 0.25) is 5.91 Å². The molecule has 1 N–H and O–H groups in total. The Kier molecular flexibility index (Phi) is 6.99. The molecule has 0 saturated carbocycles. The van der Waals surface area contributed by atoms with Gasteiger partial charge in [-0.25, -0.2) is 9.37 Å². The summed E-state index contributed by atoms with van der Waals surface area (Å²) in [5.74, 6) is -0.263. The molecule has 0 aliphatic rings. The monoisotopic (exact) mass is 385 g/mol. The Hall–Kier alpha value is -1.89. The van der Waals surface area contributed by atoms with Crippen LogP contribution in [0, 0.1) is 5.82 Å². The minimum absolute atomic E-state index is 0.116. The normalized spacial score (nSPS) is 10.8. The molecule has 0 atom stereocenters. The van der Waals surface area contributed by atoms with Crippen molar-refractivity contribution in [2.75, 3.05) is 25.5 Å². The molecule has 0 bridgehead atoms. The standard InChI is InChI=1S/C17H18Cl2FN3O2/c1-3-23(9-11-4-5-15(25-2)14(20)6-11)10-16(24)22-17-13(19)7-12(18)8-21-17/h4-8H,3,9-10H2,1-2H3,(H,21,22,24). The van der Waals surface area contributed by atoms with E-state index in [1.165, 1.54) is 25.4 Å². The van der Waals surface area contributed by atoms with Gasteiger partial charge in [-0.1, -0.05) is 36.2 Å². The van der Waals surface area contributed by atoms with Crippen molar-refractivity contribution in [1.82, 2.24) is 9.88 Å². The number of benzene rings is 1. The molecule has 0 unspecified atom stereocenters. The first kappa shape index (κ1) is 19.4. The van der Waals surface area contributed by atoms with E-state index in [4.69, 9.17) is 27.9 Å². The van der Waals surface area contributed by atoms with Gasteiger partial charge >= 0.3 is 0 Å². The summed E-state index contributed by atoms with van der Waals surface area (Å²) in [6.07, 6.45) is 1.40. The zero-order valence-corrected chi connectivity index (χ0v) is 15.4. The summed E-state index contributed by atoms with van der Waals surface area (Å²) >= 11 is 11.8. The Morgan fingerprint density at radius 2 is 2.12 bits per heavy atom. The van der Waals surface area contributed by atoms with Crippen LogP contribution in [0.5, 0.6) is 5.75 Å². The van der Waals surface area contributed by atoms with Crippen LogP contribution in [0.15, 0.2) is 30.5 Å². The van der Waals surface area contributed by atoms with Crippen LogP contribution in [0.2, 0.25) is 10.0 Å². The van der Waals surface area contributed by atoms with Crippen molar-refractivity contribution in [3.05, 3.63) is 51.9 Å². The molecule has 8 heteroatoms. The summed E-state index contributed by atoms with van der Waals surface area (Å²) in [7, 11) is 1.41. The number of anilines is 1. The number of methoxy groups -OCH3 is 1. The SMILES string of the molecule is CCN(CC(=O)Nc1ncc(Cl)cc1Cl)Cc1ccc(OC)c(F)c1. The summed E-state index contributed by atoms with van der Waals surface area (Å²) in [5.41, 5.74) is 0.746. The lowest BCUT2D eigenvalue weighted by Crippen LogP contribution is -2.33. The third-order valence-corrected chi connectivity index (χ3v) is 4.00. The number of halogens is 3. The zero-order chi connectivity index (χ0) is 18.4. The van der Waals surface area contributed by atoms with Crippen molar-refractivity contribution in [1.29, 1.82) is 0 Å². The average molecular weight is 386 g/mol. The smallest absolute Gasteiger partial charge is 0.239 e. The first-order valence-electron chi connectivity index (χ1n) is 7.58. The topological polar surface area (TPSA) is 54.5 Å². The highest BCUT2D eigenvalue weighted by molar-refractivity contribution is 6.36. The molecular formula is C17H18Cl2FN3O2. The highest BCUT2D eigenvalue weighted by Crippen LogP contribution is 2.22. The maximum Gasteiger partial charge on any atom is 0.239 e. The van der Waals surface area contributed by atoms with Crippen molar-refractivity contribution in [3.63, 3.8) is 0 Å². The van der Waals surface area contributed by atoms with Gasteiger partial charge in [-0.05, 0) is 30.3 Å². The van der Waals surface area contributed by atoms with E-state index in [1.54, 1.807) is 12.1 Å². The fourth-order valence-electron chi connectivity index (χ4n) is 2.23. The van der Waals surface area contributed by atoms with Crippen LogP contribution in [0.1, 0.15) is 12.5 Å². The second-order valence-electron chi connectivity index (χ2n) is 5.30. The van der Waals surface area contributed by atoms with Crippen LogP contribution in [-0.4, -0.2) is 36.0 Å². The van der Waals surface area contributed by atoms with Crippen LogP contribution >= 0.6 is 23.2 Å². The van der Waals surface area contributed by atoms with E-state index in [0.29, 0.717) is 18.1 Å². The van der Waals surface area contributed by atoms with E-state index in [1.807, 2.05) is 11.8 Å². The number of hydrogen-bond donors (Lipinski definition) is 1. The molecule has 25 heavy (non-hydrogen) atoms. The van der Waals surface area contributed by atoms with E-state index in [9.17, 15) is 9.18 Å². The number of rotatable bonds is 7. The molecule has 2 rings (SSSR count). The van der Waals surface area contributed by atoms with Gasteiger partial charge in [0.05, 0.1) is 23.7 Å². The number of hydrogen-bond acceptors (Lipinski definition) is 4. The molecule has 0 fully saturated rings. The van der Waals surface area contributed by atoms with Crippen LogP contribution in [0.25, 0.3) is 0 Å². The Morgan fingerprint density at radius 1 is 1.36 bits per heavy atom. The zero-order valence-electron chi connectivity index (χ0n) is 13.9. The van der Waals surface area contributed by atoms with Crippen LogP contribution in [-0.2, 0) is 11.3 Å². The predicted molar refractivity (Wildman–Crippen MR) is 96.8 cm³/mol. The molecule has 1 aromatic heterocycles. The number of carbonyl (C=O) groups excluding carboxylic acids is 1. The molecule has 0 aliphatic heterocycles.